The molecule has 0 aliphatic carbocycles. The summed E-state index contributed by atoms with van der Waals surface area (Å²) in [6, 6.07) is 8.03. The van der Waals surface area contributed by atoms with Crippen molar-refractivity contribution in [1.29, 1.82) is 0 Å². The third-order valence-electron chi connectivity index (χ3n) is 3.49. The smallest absolute Gasteiger partial charge is 0.387 e. The molecule has 0 saturated heterocycles. The minimum Gasteiger partial charge on any atom is -0.435 e. The molecule has 1 aliphatic rings. The molecule has 1 amide bonds. The van der Waals surface area contributed by atoms with Crippen molar-refractivity contribution in [3.05, 3.63) is 52.5 Å². The molecule has 136 valence electrons. The van der Waals surface area contributed by atoms with Crippen molar-refractivity contribution >= 4 is 34.8 Å². The Hall–Kier alpha value is -2.74. The average Bonchev–Trinajstić information content (AvgIpc) is 2.84. The van der Waals surface area contributed by atoms with Crippen LogP contribution in [0.2, 0.25) is 5.02 Å². The lowest BCUT2D eigenvalue weighted by atomic mass is 10.0. The van der Waals surface area contributed by atoms with Crippen molar-refractivity contribution in [2.75, 3.05) is 5.32 Å². The van der Waals surface area contributed by atoms with Gasteiger partial charge in [-0.2, -0.15) is 17.6 Å². The Morgan fingerprint density at radius 3 is 2.42 bits per heavy atom. The molecule has 0 spiro atoms. The predicted octanol–water partition coefficient (Wildman–Crippen LogP) is 5.04. The SMILES string of the molecule is O=C1Nc2ccc(Cl)cc2/C1=C/c1ccc(OC(F)F)cc1OC(F)F. The van der Waals surface area contributed by atoms with Gasteiger partial charge in [-0.3, -0.25) is 4.79 Å². The maximum absolute atomic E-state index is 12.6. The Morgan fingerprint density at radius 1 is 1.00 bits per heavy atom. The molecular weight excluding hydrogens is 378 g/mol. The van der Waals surface area contributed by atoms with Gasteiger partial charge in [0.25, 0.3) is 5.91 Å². The van der Waals surface area contributed by atoms with Crippen molar-refractivity contribution in [2.45, 2.75) is 13.2 Å². The van der Waals surface area contributed by atoms with Gasteiger partial charge in [-0.25, -0.2) is 0 Å². The average molecular weight is 388 g/mol. The molecule has 1 heterocycles. The third kappa shape index (κ3) is 3.91. The lowest BCUT2D eigenvalue weighted by Crippen LogP contribution is -2.06. The van der Waals surface area contributed by atoms with E-state index < -0.39 is 24.9 Å². The first-order valence-electron chi connectivity index (χ1n) is 7.20. The fraction of sp³-hybridized carbons (Fsp3) is 0.118. The van der Waals surface area contributed by atoms with E-state index >= 15 is 0 Å². The second-order valence-corrected chi connectivity index (χ2v) is 5.60. The van der Waals surface area contributed by atoms with E-state index in [1.807, 2.05) is 0 Å². The fourth-order valence-electron chi connectivity index (χ4n) is 2.47. The Morgan fingerprint density at radius 2 is 1.73 bits per heavy atom. The molecule has 0 atom stereocenters. The summed E-state index contributed by atoms with van der Waals surface area (Å²) in [5, 5.41) is 3.00. The van der Waals surface area contributed by atoms with Gasteiger partial charge in [0.1, 0.15) is 11.5 Å². The normalized spacial score (nSPS) is 14.7. The Labute approximate surface area is 150 Å². The van der Waals surface area contributed by atoms with E-state index in [4.69, 9.17) is 11.6 Å². The number of ether oxygens (including phenoxy) is 2. The second-order valence-electron chi connectivity index (χ2n) is 5.16. The molecule has 1 aliphatic heterocycles. The summed E-state index contributed by atoms with van der Waals surface area (Å²) < 4.78 is 58.5. The highest BCUT2D eigenvalue weighted by Gasteiger charge is 2.25. The van der Waals surface area contributed by atoms with Gasteiger partial charge in [-0.1, -0.05) is 11.6 Å². The lowest BCUT2D eigenvalue weighted by molar-refractivity contribution is -0.110. The van der Waals surface area contributed by atoms with Crippen LogP contribution < -0.4 is 14.8 Å². The number of fused-ring (bicyclic) bond motifs is 1. The minimum absolute atomic E-state index is 0.0879. The summed E-state index contributed by atoms with van der Waals surface area (Å²) in [5.41, 5.74) is 1.26. The molecule has 0 fully saturated rings. The molecule has 0 radical (unpaired) electrons. The zero-order valence-corrected chi connectivity index (χ0v) is 13.6. The molecule has 0 aromatic heterocycles. The van der Waals surface area contributed by atoms with E-state index in [0.29, 0.717) is 16.3 Å². The highest BCUT2D eigenvalue weighted by atomic mass is 35.5. The third-order valence-corrected chi connectivity index (χ3v) is 3.73. The molecule has 0 unspecified atom stereocenters. The lowest BCUT2D eigenvalue weighted by Gasteiger charge is -2.11. The summed E-state index contributed by atoms with van der Waals surface area (Å²) in [5.74, 6) is -1.22. The van der Waals surface area contributed by atoms with Gasteiger partial charge in [-0.15, -0.1) is 0 Å². The molecule has 2 aromatic carbocycles. The van der Waals surface area contributed by atoms with Gasteiger partial charge >= 0.3 is 13.2 Å². The molecule has 0 saturated carbocycles. The topological polar surface area (TPSA) is 47.6 Å². The minimum atomic E-state index is -3.19. The highest BCUT2D eigenvalue weighted by molar-refractivity contribution is 6.36. The standard InChI is InChI=1S/C17H10ClF4NO3/c18-9-2-4-13-11(6-9)12(15(24)23-13)5-8-1-3-10(25-16(19)20)7-14(8)26-17(21)22/h1-7,16-17H,(H,23,24)/b12-5-. The van der Waals surface area contributed by atoms with Gasteiger partial charge in [0.15, 0.2) is 0 Å². The first-order chi connectivity index (χ1) is 12.3. The number of carbonyl (C=O) groups is 1. The van der Waals surface area contributed by atoms with Gasteiger partial charge in [0, 0.05) is 33.5 Å². The number of alkyl halides is 4. The van der Waals surface area contributed by atoms with Crippen LogP contribution in [-0.2, 0) is 4.79 Å². The first-order valence-corrected chi connectivity index (χ1v) is 7.58. The summed E-state index contributed by atoms with van der Waals surface area (Å²) in [6.07, 6.45) is 1.31. The Balaban J connectivity index is 2.05. The fourth-order valence-corrected chi connectivity index (χ4v) is 2.64. The van der Waals surface area contributed by atoms with Crippen molar-refractivity contribution in [2.24, 2.45) is 0 Å². The number of hydrogen-bond acceptors (Lipinski definition) is 3. The van der Waals surface area contributed by atoms with Crippen molar-refractivity contribution in [3.8, 4) is 11.5 Å². The second kappa shape index (κ2) is 7.25. The van der Waals surface area contributed by atoms with Crippen LogP contribution in [0, 0.1) is 0 Å². The van der Waals surface area contributed by atoms with Crippen LogP contribution in [0.4, 0.5) is 23.2 Å². The van der Waals surface area contributed by atoms with Gasteiger partial charge < -0.3 is 14.8 Å². The van der Waals surface area contributed by atoms with E-state index in [0.717, 1.165) is 12.1 Å². The van der Waals surface area contributed by atoms with Crippen molar-refractivity contribution in [3.63, 3.8) is 0 Å². The molecule has 0 bridgehead atoms. The molecule has 4 nitrogen and oxygen atoms in total. The number of benzene rings is 2. The summed E-state index contributed by atoms with van der Waals surface area (Å²) >= 11 is 5.93. The first kappa shape index (κ1) is 18.1. The molecule has 1 N–H and O–H groups in total. The maximum Gasteiger partial charge on any atom is 0.387 e. The van der Waals surface area contributed by atoms with E-state index in [-0.39, 0.29) is 16.9 Å². The van der Waals surface area contributed by atoms with Crippen molar-refractivity contribution < 1.29 is 31.8 Å². The van der Waals surface area contributed by atoms with Crippen LogP contribution in [-0.4, -0.2) is 19.1 Å². The molecular formula is C17H10ClF4NO3. The van der Waals surface area contributed by atoms with Crippen LogP contribution in [0.25, 0.3) is 11.6 Å². The van der Waals surface area contributed by atoms with E-state index in [2.05, 4.69) is 14.8 Å². The van der Waals surface area contributed by atoms with E-state index in [1.165, 1.54) is 12.1 Å². The number of rotatable bonds is 5. The summed E-state index contributed by atoms with van der Waals surface area (Å²) in [4.78, 5) is 12.2. The molecule has 2 aromatic rings. The van der Waals surface area contributed by atoms with Gasteiger partial charge in [0.2, 0.25) is 0 Å². The number of amides is 1. The quantitative estimate of drug-likeness (QED) is 0.578. The van der Waals surface area contributed by atoms with Crippen LogP contribution in [0.1, 0.15) is 11.1 Å². The number of hydrogen-bond donors (Lipinski definition) is 1. The summed E-state index contributed by atoms with van der Waals surface area (Å²) in [6.45, 7) is -6.30. The van der Waals surface area contributed by atoms with Crippen LogP contribution in [0.5, 0.6) is 11.5 Å². The van der Waals surface area contributed by atoms with E-state index in [9.17, 15) is 22.4 Å². The zero-order chi connectivity index (χ0) is 18.8. The Kier molecular flexibility index (Phi) is 5.03. The van der Waals surface area contributed by atoms with Crippen LogP contribution in [0.15, 0.2) is 36.4 Å². The molecule has 26 heavy (non-hydrogen) atoms. The van der Waals surface area contributed by atoms with E-state index in [1.54, 1.807) is 18.2 Å². The highest BCUT2D eigenvalue weighted by Crippen LogP contribution is 2.37. The van der Waals surface area contributed by atoms with Crippen LogP contribution >= 0.6 is 11.6 Å². The Bertz CT molecular complexity index is 886. The number of nitrogens with one attached hydrogen (secondary N) is 1. The largest absolute Gasteiger partial charge is 0.435 e. The van der Waals surface area contributed by atoms with Crippen molar-refractivity contribution in [1.82, 2.24) is 0 Å². The molecule has 9 heteroatoms. The number of halogens is 5. The molecule has 3 rings (SSSR count). The van der Waals surface area contributed by atoms with Gasteiger partial charge in [-0.05, 0) is 36.4 Å². The predicted molar refractivity (Wildman–Crippen MR) is 87.7 cm³/mol. The zero-order valence-electron chi connectivity index (χ0n) is 12.8. The van der Waals surface area contributed by atoms with Gasteiger partial charge in [0.05, 0.1) is 0 Å². The summed E-state index contributed by atoms with van der Waals surface area (Å²) in [7, 11) is 0. The monoisotopic (exact) mass is 387 g/mol. The van der Waals surface area contributed by atoms with Crippen LogP contribution in [0.3, 0.4) is 0 Å². The maximum atomic E-state index is 12.6. The number of anilines is 1. The number of carbonyl (C=O) groups excluding carboxylic acids is 1.